The van der Waals surface area contributed by atoms with Crippen molar-refractivity contribution in [2.24, 2.45) is 0 Å². The topological polar surface area (TPSA) is 46.6 Å². The highest BCUT2D eigenvalue weighted by molar-refractivity contribution is 6.31. The van der Waals surface area contributed by atoms with Crippen LogP contribution in [0.4, 0.5) is 27.6 Å². The molecule has 0 spiro atoms. The number of rotatable bonds is 5. The van der Waals surface area contributed by atoms with E-state index in [1.54, 1.807) is 26.8 Å². The monoisotopic (exact) mass is 525 g/mol. The molecule has 0 aromatic heterocycles. The van der Waals surface area contributed by atoms with Crippen LogP contribution in [0.25, 0.3) is 11.1 Å². The van der Waals surface area contributed by atoms with Crippen molar-refractivity contribution in [2.75, 3.05) is 11.4 Å². The van der Waals surface area contributed by atoms with Gasteiger partial charge < -0.3 is 4.74 Å². The summed E-state index contributed by atoms with van der Waals surface area (Å²) in [5.74, 6) is -4.23. The lowest BCUT2D eigenvalue weighted by atomic mass is 10.0. The van der Waals surface area contributed by atoms with E-state index in [0.29, 0.717) is 5.56 Å². The number of carbonyl (C=O) groups is 2. The van der Waals surface area contributed by atoms with Gasteiger partial charge in [-0.05, 0) is 68.3 Å². The first-order valence-corrected chi connectivity index (χ1v) is 11.0. The van der Waals surface area contributed by atoms with Crippen LogP contribution in [0.2, 0.25) is 5.02 Å². The first kappa shape index (κ1) is 27.1. The molecule has 0 aliphatic heterocycles. The smallest absolute Gasteiger partial charge is 0.417 e. The number of carbonyl (C=O) groups excluding carboxylic acids is 2. The van der Waals surface area contributed by atoms with Crippen LogP contribution in [0.15, 0.2) is 60.7 Å². The maximum absolute atomic E-state index is 14.4. The maximum atomic E-state index is 14.4. The molecule has 36 heavy (non-hydrogen) atoms. The summed E-state index contributed by atoms with van der Waals surface area (Å²) in [4.78, 5) is 26.6. The van der Waals surface area contributed by atoms with E-state index in [0.717, 1.165) is 35.2 Å². The van der Waals surface area contributed by atoms with Gasteiger partial charge in [-0.2, -0.15) is 13.2 Å². The molecule has 0 fully saturated rings. The van der Waals surface area contributed by atoms with E-state index in [2.05, 4.69) is 0 Å². The van der Waals surface area contributed by atoms with Crippen LogP contribution >= 0.6 is 11.6 Å². The van der Waals surface area contributed by atoms with Crippen molar-refractivity contribution in [1.82, 2.24) is 0 Å². The van der Waals surface area contributed by atoms with E-state index in [9.17, 15) is 31.5 Å². The normalized spacial score (nSPS) is 11.8. The lowest BCUT2D eigenvalue weighted by Gasteiger charge is -2.26. The molecule has 0 saturated heterocycles. The lowest BCUT2D eigenvalue weighted by Crippen LogP contribution is -2.39. The molecule has 1 amide bonds. The standard InChI is InChI=1S/C26H21ClF5NO3/c1-25(2,3)36-22(34)14-33(24(35)23-20(28)8-5-9-21(23)29)17-7-4-6-15(12-17)16-10-11-18(19(27)13-16)26(30,31)32/h4-13H,14H2,1-3H3. The molecule has 4 nitrogen and oxygen atoms in total. The largest absolute Gasteiger partial charge is 0.459 e. The number of amides is 1. The number of benzene rings is 3. The first-order chi connectivity index (χ1) is 16.7. The average molecular weight is 526 g/mol. The molecule has 3 aromatic rings. The summed E-state index contributed by atoms with van der Waals surface area (Å²) in [7, 11) is 0. The Kier molecular flexibility index (Phi) is 7.73. The number of ether oxygens (including phenoxy) is 1. The molecule has 0 heterocycles. The third-order valence-corrected chi connectivity index (χ3v) is 5.21. The summed E-state index contributed by atoms with van der Waals surface area (Å²) in [6.45, 7) is 4.16. The Bertz CT molecular complexity index is 1280. The summed E-state index contributed by atoms with van der Waals surface area (Å²) in [6.07, 6.45) is -4.64. The molecule has 0 N–H and O–H groups in total. The third kappa shape index (κ3) is 6.40. The minimum atomic E-state index is -4.64. The number of hydrogen-bond acceptors (Lipinski definition) is 3. The highest BCUT2D eigenvalue weighted by atomic mass is 35.5. The second kappa shape index (κ2) is 10.3. The zero-order valence-electron chi connectivity index (χ0n) is 19.4. The van der Waals surface area contributed by atoms with Crippen molar-refractivity contribution in [3.63, 3.8) is 0 Å². The Labute approximate surface area is 209 Å². The molecule has 0 unspecified atom stereocenters. The van der Waals surface area contributed by atoms with Crippen LogP contribution in [0.1, 0.15) is 36.7 Å². The minimum Gasteiger partial charge on any atom is -0.459 e. The van der Waals surface area contributed by atoms with Gasteiger partial charge in [-0.25, -0.2) is 8.78 Å². The van der Waals surface area contributed by atoms with Crippen LogP contribution < -0.4 is 4.90 Å². The second-order valence-corrected chi connectivity index (χ2v) is 9.22. The molecule has 190 valence electrons. The molecular weight excluding hydrogens is 505 g/mol. The zero-order valence-corrected chi connectivity index (χ0v) is 20.2. The SMILES string of the molecule is CC(C)(C)OC(=O)CN(C(=O)c1c(F)cccc1F)c1cccc(-c2ccc(C(F)(F)F)c(Cl)c2)c1. The zero-order chi connectivity index (χ0) is 26.8. The molecule has 0 bridgehead atoms. The fourth-order valence-corrected chi connectivity index (χ4v) is 3.69. The highest BCUT2D eigenvalue weighted by Gasteiger charge is 2.33. The van der Waals surface area contributed by atoms with Crippen molar-refractivity contribution < 1.29 is 36.3 Å². The van der Waals surface area contributed by atoms with Crippen LogP contribution in [0, 0.1) is 11.6 Å². The fraction of sp³-hybridized carbons (Fsp3) is 0.231. The molecule has 0 aliphatic carbocycles. The second-order valence-electron chi connectivity index (χ2n) is 8.82. The van der Waals surface area contributed by atoms with Crippen molar-refractivity contribution in [3.05, 3.63) is 88.4 Å². The van der Waals surface area contributed by atoms with E-state index in [1.165, 1.54) is 24.3 Å². The number of alkyl halides is 3. The van der Waals surface area contributed by atoms with Crippen molar-refractivity contribution in [3.8, 4) is 11.1 Å². The molecule has 10 heteroatoms. The first-order valence-electron chi connectivity index (χ1n) is 10.6. The van der Waals surface area contributed by atoms with E-state index in [4.69, 9.17) is 16.3 Å². The predicted octanol–water partition coefficient (Wildman–Crippen LogP) is 7.29. The summed E-state index contributed by atoms with van der Waals surface area (Å²) in [5.41, 5.74) is -2.09. The van der Waals surface area contributed by atoms with Gasteiger partial charge in [-0.1, -0.05) is 35.9 Å². The summed E-state index contributed by atoms with van der Waals surface area (Å²) in [6, 6.07) is 11.9. The quantitative estimate of drug-likeness (QED) is 0.259. The molecule has 3 rings (SSSR count). The van der Waals surface area contributed by atoms with E-state index in [1.807, 2.05) is 0 Å². The molecule has 0 atom stereocenters. The summed E-state index contributed by atoms with van der Waals surface area (Å²) >= 11 is 5.83. The molecular formula is C26H21ClF5NO3. The number of nitrogens with zero attached hydrogens (tertiary/aromatic N) is 1. The summed E-state index contributed by atoms with van der Waals surface area (Å²) < 4.78 is 73.3. The number of esters is 1. The van der Waals surface area contributed by atoms with Gasteiger partial charge in [0.2, 0.25) is 0 Å². The predicted molar refractivity (Wildman–Crippen MR) is 126 cm³/mol. The van der Waals surface area contributed by atoms with Crippen LogP contribution in [0.5, 0.6) is 0 Å². The molecule has 3 aromatic carbocycles. The van der Waals surface area contributed by atoms with Crippen LogP contribution in [-0.4, -0.2) is 24.0 Å². The van der Waals surface area contributed by atoms with Gasteiger partial charge in [0, 0.05) is 5.69 Å². The van der Waals surface area contributed by atoms with Gasteiger partial charge in [0.15, 0.2) is 0 Å². The van der Waals surface area contributed by atoms with Gasteiger partial charge in [-0.15, -0.1) is 0 Å². The van der Waals surface area contributed by atoms with E-state index < -0.39 is 58.0 Å². The Balaban J connectivity index is 2.06. The van der Waals surface area contributed by atoms with Crippen LogP contribution in [0.3, 0.4) is 0 Å². The number of hydrogen-bond donors (Lipinski definition) is 0. The number of halogens is 6. The molecule has 0 saturated carbocycles. The molecule has 0 aliphatic rings. The maximum Gasteiger partial charge on any atom is 0.417 e. The number of anilines is 1. The van der Waals surface area contributed by atoms with E-state index in [-0.39, 0.29) is 11.3 Å². The van der Waals surface area contributed by atoms with Crippen LogP contribution in [-0.2, 0) is 15.7 Å². The van der Waals surface area contributed by atoms with E-state index >= 15 is 0 Å². The van der Waals surface area contributed by atoms with Gasteiger partial charge >= 0.3 is 12.1 Å². The Morgan fingerprint density at radius 3 is 2.03 bits per heavy atom. The minimum absolute atomic E-state index is 0.0574. The summed E-state index contributed by atoms with van der Waals surface area (Å²) in [5, 5.41) is -0.527. The van der Waals surface area contributed by atoms with Gasteiger partial charge in [-0.3, -0.25) is 14.5 Å². The van der Waals surface area contributed by atoms with Gasteiger partial charge in [0.25, 0.3) is 5.91 Å². The molecule has 0 radical (unpaired) electrons. The lowest BCUT2D eigenvalue weighted by molar-refractivity contribution is -0.152. The Morgan fingerprint density at radius 2 is 1.47 bits per heavy atom. The van der Waals surface area contributed by atoms with Crippen molar-refractivity contribution in [2.45, 2.75) is 32.5 Å². The van der Waals surface area contributed by atoms with Gasteiger partial charge in [0.05, 0.1) is 10.6 Å². The fourth-order valence-electron chi connectivity index (χ4n) is 3.40. The Morgan fingerprint density at radius 1 is 0.889 bits per heavy atom. The van der Waals surface area contributed by atoms with Crippen molar-refractivity contribution in [1.29, 1.82) is 0 Å². The van der Waals surface area contributed by atoms with Gasteiger partial charge in [0.1, 0.15) is 29.3 Å². The third-order valence-electron chi connectivity index (χ3n) is 4.89. The Hall–Kier alpha value is -3.46. The van der Waals surface area contributed by atoms with Crippen molar-refractivity contribution >= 4 is 29.2 Å². The highest BCUT2D eigenvalue weighted by Crippen LogP contribution is 2.37. The average Bonchev–Trinajstić information content (AvgIpc) is 2.75.